The summed E-state index contributed by atoms with van der Waals surface area (Å²) < 4.78 is 0. The van der Waals surface area contributed by atoms with Crippen LogP contribution in [0, 0.1) is 0 Å². The number of rotatable bonds is 6. The highest BCUT2D eigenvalue weighted by molar-refractivity contribution is 5.80. The summed E-state index contributed by atoms with van der Waals surface area (Å²) in [5, 5.41) is 3.03. The molecular formula is C12H20N4O. The Morgan fingerprint density at radius 2 is 2.00 bits per heavy atom. The first kappa shape index (κ1) is 13.4. The number of aryl methyl sites for hydroxylation is 1. The van der Waals surface area contributed by atoms with Gasteiger partial charge in [-0.1, -0.05) is 6.92 Å². The van der Waals surface area contributed by atoms with Crippen molar-refractivity contribution in [2.45, 2.75) is 27.2 Å². The van der Waals surface area contributed by atoms with Gasteiger partial charge >= 0.3 is 0 Å². The van der Waals surface area contributed by atoms with Gasteiger partial charge in [-0.25, -0.2) is 9.97 Å². The third-order valence-electron chi connectivity index (χ3n) is 2.62. The molecule has 5 nitrogen and oxygen atoms in total. The molecule has 0 bridgehead atoms. The molecule has 0 aliphatic heterocycles. The average Bonchev–Trinajstić information content (AvgIpc) is 2.38. The number of aromatic nitrogens is 2. The second kappa shape index (κ2) is 6.83. The van der Waals surface area contributed by atoms with Crippen molar-refractivity contribution in [1.82, 2.24) is 14.9 Å². The molecular weight excluding hydrogens is 216 g/mol. The molecule has 0 aliphatic carbocycles. The lowest BCUT2D eigenvalue weighted by molar-refractivity contribution is -0.128. The van der Waals surface area contributed by atoms with E-state index in [-0.39, 0.29) is 12.5 Å². The van der Waals surface area contributed by atoms with Crippen LogP contribution in [0.4, 0.5) is 5.82 Å². The molecule has 1 N–H and O–H groups in total. The Kier molecular flexibility index (Phi) is 5.39. The van der Waals surface area contributed by atoms with Gasteiger partial charge in [0.25, 0.3) is 0 Å². The maximum absolute atomic E-state index is 11.8. The molecule has 1 aromatic heterocycles. The van der Waals surface area contributed by atoms with Crippen LogP contribution in [0.2, 0.25) is 0 Å². The minimum Gasteiger partial charge on any atom is -0.361 e. The van der Waals surface area contributed by atoms with Crippen molar-refractivity contribution >= 4 is 11.7 Å². The highest BCUT2D eigenvalue weighted by Crippen LogP contribution is 2.04. The number of likely N-dealkylation sites (N-methyl/N-ethyl adjacent to an activating group) is 1. The maximum Gasteiger partial charge on any atom is 0.241 e. The molecule has 17 heavy (non-hydrogen) atoms. The van der Waals surface area contributed by atoms with Gasteiger partial charge in [-0.05, 0) is 20.3 Å². The lowest BCUT2D eigenvalue weighted by Crippen LogP contribution is -2.35. The number of carbonyl (C=O) groups excluding carboxylic acids is 1. The van der Waals surface area contributed by atoms with Crippen LogP contribution in [0.1, 0.15) is 26.5 Å². The van der Waals surface area contributed by atoms with E-state index in [1.54, 1.807) is 4.90 Å². The molecule has 0 radical (unpaired) electrons. The monoisotopic (exact) mass is 236 g/mol. The van der Waals surface area contributed by atoms with Gasteiger partial charge in [0.15, 0.2) is 0 Å². The molecule has 0 aliphatic rings. The van der Waals surface area contributed by atoms with E-state index in [1.165, 1.54) is 6.33 Å². The van der Waals surface area contributed by atoms with Gasteiger partial charge in [-0.15, -0.1) is 0 Å². The quantitative estimate of drug-likeness (QED) is 0.809. The predicted octanol–water partition coefficient (Wildman–Crippen LogP) is 1.32. The van der Waals surface area contributed by atoms with Crippen molar-refractivity contribution in [2.75, 3.05) is 25.0 Å². The van der Waals surface area contributed by atoms with E-state index in [1.807, 2.05) is 26.8 Å². The lowest BCUT2D eigenvalue weighted by Gasteiger charge is -2.18. The minimum atomic E-state index is 0.0895. The number of anilines is 1. The summed E-state index contributed by atoms with van der Waals surface area (Å²) in [6, 6.07) is 1.87. The zero-order valence-electron chi connectivity index (χ0n) is 10.7. The molecule has 0 spiro atoms. The van der Waals surface area contributed by atoms with Gasteiger partial charge in [-0.2, -0.15) is 0 Å². The highest BCUT2D eigenvalue weighted by Gasteiger charge is 2.08. The van der Waals surface area contributed by atoms with E-state index in [9.17, 15) is 4.79 Å². The summed E-state index contributed by atoms with van der Waals surface area (Å²) in [7, 11) is 0. The van der Waals surface area contributed by atoms with Gasteiger partial charge in [0.1, 0.15) is 12.1 Å². The predicted molar refractivity (Wildman–Crippen MR) is 67.8 cm³/mol. The summed E-state index contributed by atoms with van der Waals surface area (Å²) >= 11 is 0. The van der Waals surface area contributed by atoms with Crippen molar-refractivity contribution in [3.05, 3.63) is 18.1 Å². The summed E-state index contributed by atoms with van der Waals surface area (Å²) in [4.78, 5) is 21.7. The third kappa shape index (κ3) is 4.01. The van der Waals surface area contributed by atoms with Gasteiger partial charge in [-0.3, -0.25) is 4.79 Å². The fraction of sp³-hybridized carbons (Fsp3) is 0.583. The molecule has 0 fully saturated rings. The molecule has 0 aromatic carbocycles. The molecule has 0 atom stereocenters. The largest absolute Gasteiger partial charge is 0.361 e. The van der Waals surface area contributed by atoms with Gasteiger partial charge in [0, 0.05) is 24.8 Å². The van der Waals surface area contributed by atoms with E-state index in [0.717, 1.165) is 25.2 Å². The third-order valence-corrected chi connectivity index (χ3v) is 2.62. The standard InChI is InChI=1S/C12H20N4O/c1-4-10-7-11(15-9-14-10)13-8-12(17)16(5-2)6-3/h7,9H,4-6,8H2,1-3H3,(H,13,14,15). The van der Waals surface area contributed by atoms with Crippen LogP contribution in [0.3, 0.4) is 0 Å². The number of carbonyl (C=O) groups is 1. The van der Waals surface area contributed by atoms with E-state index in [4.69, 9.17) is 0 Å². The summed E-state index contributed by atoms with van der Waals surface area (Å²) in [5.74, 6) is 0.795. The van der Waals surface area contributed by atoms with E-state index < -0.39 is 0 Å². The summed E-state index contributed by atoms with van der Waals surface area (Å²) in [6.45, 7) is 7.74. The molecule has 0 saturated carbocycles. The first-order chi connectivity index (χ1) is 8.21. The van der Waals surface area contributed by atoms with Crippen LogP contribution in [-0.4, -0.2) is 40.4 Å². The fourth-order valence-corrected chi connectivity index (χ4v) is 1.54. The summed E-state index contributed by atoms with van der Waals surface area (Å²) in [5.41, 5.74) is 0.970. The van der Waals surface area contributed by atoms with E-state index in [0.29, 0.717) is 5.82 Å². The van der Waals surface area contributed by atoms with Crippen LogP contribution >= 0.6 is 0 Å². The molecule has 0 saturated heterocycles. The zero-order chi connectivity index (χ0) is 12.7. The van der Waals surface area contributed by atoms with Crippen molar-refractivity contribution < 1.29 is 4.79 Å². The number of nitrogens with zero attached hydrogens (tertiary/aromatic N) is 3. The SMILES string of the molecule is CCc1cc(NCC(=O)N(CC)CC)ncn1. The van der Waals surface area contributed by atoms with Crippen LogP contribution in [0.15, 0.2) is 12.4 Å². The van der Waals surface area contributed by atoms with Crippen LogP contribution in [-0.2, 0) is 11.2 Å². The molecule has 0 unspecified atom stereocenters. The number of hydrogen-bond acceptors (Lipinski definition) is 4. The number of nitrogens with one attached hydrogen (secondary N) is 1. The topological polar surface area (TPSA) is 58.1 Å². The Morgan fingerprint density at radius 1 is 1.29 bits per heavy atom. The van der Waals surface area contributed by atoms with Crippen molar-refractivity contribution in [3.8, 4) is 0 Å². The van der Waals surface area contributed by atoms with Crippen molar-refractivity contribution in [2.24, 2.45) is 0 Å². The lowest BCUT2D eigenvalue weighted by atomic mass is 10.3. The zero-order valence-corrected chi connectivity index (χ0v) is 10.7. The Labute approximate surface area is 102 Å². The summed E-state index contributed by atoms with van der Waals surface area (Å²) in [6.07, 6.45) is 2.38. The Balaban J connectivity index is 2.52. The average molecular weight is 236 g/mol. The molecule has 1 amide bonds. The smallest absolute Gasteiger partial charge is 0.241 e. The van der Waals surface area contributed by atoms with Gasteiger partial charge in [0.05, 0.1) is 6.54 Å². The van der Waals surface area contributed by atoms with Crippen LogP contribution in [0.5, 0.6) is 0 Å². The molecule has 1 heterocycles. The second-order valence-electron chi connectivity index (χ2n) is 3.67. The molecule has 94 valence electrons. The number of amides is 1. The second-order valence-corrected chi connectivity index (χ2v) is 3.67. The Bertz CT molecular complexity index is 363. The van der Waals surface area contributed by atoms with Crippen LogP contribution in [0.25, 0.3) is 0 Å². The fourth-order valence-electron chi connectivity index (χ4n) is 1.54. The first-order valence-corrected chi connectivity index (χ1v) is 6.03. The molecule has 1 aromatic rings. The first-order valence-electron chi connectivity index (χ1n) is 6.03. The van der Waals surface area contributed by atoms with E-state index in [2.05, 4.69) is 15.3 Å². The molecule has 5 heteroatoms. The normalized spacial score (nSPS) is 10.1. The van der Waals surface area contributed by atoms with Crippen molar-refractivity contribution in [3.63, 3.8) is 0 Å². The number of hydrogen-bond donors (Lipinski definition) is 1. The minimum absolute atomic E-state index is 0.0895. The van der Waals surface area contributed by atoms with Gasteiger partial charge in [0.2, 0.25) is 5.91 Å². The van der Waals surface area contributed by atoms with Crippen LogP contribution < -0.4 is 5.32 Å². The highest BCUT2D eigenvalue weighted by atomic mass is 16.2. The maximum atomic E-state index is 11.8. The Hall–Kier alpha value is -1.65. The van der Waals surface area contributed by atoms with Crippen molar-refractivity contribution in [1.29, 1.82) is 0 Å². The van der Waals surface area contributed by atoms with Gasteiger partial charge < -0.3 is 10.2 Å². The Morgan fingerprint density at radius 3 is 2.59 bits per heavy atom. The van der Waals surface area contributed by atoms with E-state index >= 15 is 0 Å². The molecule has 1 rings (SSSR count).